The van der Waals surface area contributed by atoms with Gasteiger partial charge in [0.05, 0.1) is 0 Å². The molecule has 1 aliphatic rings. The fourth-order valence-corrected chi connectivity index (χ4v) is 2.14. The van der Waals surface area contributed by atoms with Crippen LogP contribution in [0.25, 0.3) is 0 Å². The average Bonchev–Trinajstić information content (AvgIpc) is 2.14. The Balaban J connectivity index is 2.60. The van der Waals surface area contributed by atoms with Crippen molar-refractivity contribution in [2.75, 3.05) is 13.1 Å². The lowest BCUT2D eigenvalue weighted by molar-refractivity contribution is 0.129. The largest absolute Gasteiger partial charge is 0.333 e. The third-order valence-electron chi connectivity index (χ3n) is 2.99. The zero-order valence-corrected chi connectivity index (χ0v) is 10.9. The minimum Gasteiger partial charge on any atom is -0.333 e. The molecule has 0 aromatic carbocycles. The molecule has 2 amide bonds. The summed E-state index contributed by atoms with van der Waals surface area (Å²) in [5.41, 5.74) is 5.55. The van der Waals surface area contributed by atoms with E-state index in [1.54, 1.807) is 0 Å². The molecule has 4 heteroatoms. The summed E-state index contributed by atoms with van der Waals surface area (Å²) in [6.07, 6.45) is 2.10. The van der Waals surface area contributed by atoms with Crippen LogP contribution in [0.3, 0.4) is 0 Å². The van der Waals surface area contributed by atoms with Gasteiger partial charge in [0.2, 0.25) is 0 Å². The fraction of sp³-hybridized carbons (Fsp3) is 0.917. The number of nitrogens with two attached hydrogens (primary N) is 1. The zero-order valence-electron chi connectivity index (χ0n) is 10.9. The van der Waals surface area contributed by atoms with Crippen LogP contribution in [0.4, 0.5) is 4.79 Å². The molecule has 0 spiro atoms. The molecule has 0 bridgehead atoms. The Morgan fingerprint density at radius 2 is 2.12 bits per heavy atom. The van der Waals surface area contributed by atoms with E-state index in [0.29, 0.717) is 12.5 Å². The van der Waals surface area contributed by atoms with Gasteiger partial charge in [0, 0.05) is 24.7 Å². The summed E-state index contributed by atoms with van der Waals surface area (Å²) in [5, 5.41) is 3.00. The predicted molar refractivity (Wildman–Crippen MR) is 66.2 cm³/mol. The SMILES string of the molecule is CC1CCN(C(=O)NC(C)(C)C)C(CN)C1. The average molecular weight is 227 g/mol. The first-order valence-corrected chi connectivity index (χ1v) is 6.12. The van der Waals surface area contributed by atoms with Crippen LogP contribution in [-0.4, -0.2) is 35.6 Å². The van der Waals surface area contributed by atoms with Gasteiger partial charge < -0.3 is 16.0 Å². The number of piperidine rings is 1. The van der Waals surface area contributed by atoms with Gasteiger partial charge in [-0.15, -0.1) is 0 Å². The van der Waals surface area contributed by atoms with Crippen molar-refractivity contribution in [1.29, 1.82) is 0 Å². The zero-order chi connectivity index (χ0) is 12.3. The molecule has 1 aliphatic heterocycles. The van der Waals surface area contributed by atoms with E-state index in [9.17, 15) is 4.79 Å². The molecular weight excluding hydrogens is 202 g/mol. The Hall–Kier alpha value is -0.770. The van der Waals surface area contributed by atoms with Crippen LogP contribution in [0, 0.1) is 5.92 Å². The van der Waals surface area contributed by atoms with Crippen LogP contribution in [0.1, 0.15) is 40.5 Å². The van der Waals surface area contributed by atoms with Crippen LogP contribution in [-0.2, 0) is 0 Å². The molecule has 2 unspecified atom stereocenters. The van der Waals surface area contributed by atoms with Gasteiger partial charge in [0.25, 0.3) is 0 Å². The summed E-state index contributed by atoms with van der Waals surface area (Å²) in [6, 6.07) is 0.223. The standard InChI is InChI=1S/C12H25N3O/c1-9-5-6-15(10(7-9)8-13)11(16)14-12(2,3)4/h9-10H,5-8,13H2,1-4H3,(H,14,16). The van der Waals surface area contributed by atoms with E-state index in [0.717, 1.165) is 19.4 Å². The van der Waals surface area contributed by atoms with Crippen molar-refractivity contribution in [2.45, 2.75) is 52.1 Å². The van der Waals surface area contributed by atoms with E-state index in [-0.39, 0.29) is 17.6 Å². The number of hydrogen-bond donors (Lipinski definition) is 2. The summed E-state index contributed by atoms with van der Waals surface area (Å²) in [7, 11) is 0. The second-order valence-corrected chi connectivity index (χ2v) is 5.89. The molecule has 1 rings (SSSR count). The summed E-state index contributed by atoms with van der Waals surface area (Å²) in [5.74, 6) is 0.673. The van der Waals surface area contributed by atoms with E-state index in [1.165, 1.54) is 0 Å². The van der Waals surface area contributed by atoms with Gasteiger partial charge in [-0.25, -0.2) is 4.79 Å². The maximum absolute atomic E-state index is 12.0. The lowest BCUT2D eigenvalue weighted by Gasteiger charge is -2.39. The summed E-state index contributed by atoms with van der Waals surface area (Å²) in [6.45, 7) is 9.59. The number of carbonyl (C=O) groups is 1. The highest BCUT2D eigenvalue weighted by Gasteiger charge is 2.30. The summed E-state index contributed by atoms with van der Waals surface area (Å²) >= 11 is 0. The maximum atomic E-state index is 12.0. The number of carbonyl (C=O) groups excluding carboxylic acids is 1. The molecule has 0 aromatic heterocycles. The molecule has 0 radical (unpaired) electrons. The molecule has 0 aliphatic carbocycles. The van der Waals surface area contributed by atoms with Crippen molar-refractivity contribution in [3.8, 4) is 0 Å². The molecule has 1 fully saturated rings. The van der Waals surface area contributed by atoms with E-state index in [4.69, 9.17) is 5.73 Å². The smallest absolute Gasteiger partial charge is 0.318 e. The van der Waals surface area contributed by atoms with Crippen LogP contribution in [0.5, 0.6) is 0 Å². The van der Waals surface area contributed by atoms with E-state index in [2.05, 4.69) is 12.2 Å². The number of hydrogen-bond acceptors (Lipinski definition) is 2. The molecule has 0 saturated carbocycles. The highest BCUT2D eigenvalue weighted by molar-refractivity contribution is 5.75. The Labute approximate surface area is 98.6 Å². The number of amides is 2. The molecule has 16 heavy (non-hydrogen) atoms. The van der Waals surface area contributed by atoms with Gasteiger partial charge in [-0.3, -0.25) is 0 Å². The van der Waals surface area contributed by atoms with Gasteiger partial charge in [0.1, 0.15) is 0 Å². The van der Waals surface area contributed by atoms with Crippen molar-refractivity contribution in [3.05, 3.63) is 0 Å². The van der Waals surface area contributed by atoms with Gasteiger partial charge in [-0.1, -0.05) is 6.92 Å². The van der Waals surface area contributed by atoms with Crippen molar-refractivity contribution in [2.24, 2.45) is 11.7 Å². The lowest BCUT2D eigenvalue weighted by atomic mass is 9.92. The van der Waals surface area contributed by atoms with Crippen molar-refractivity contribution in [1.82, 2.24) is 10.2 Å². The van der Waals surface area contributed by atoms with Crippen LogP contribution in [0.15, 0.2) is 0 Å². The number of nitrogens with one attached hydrogen (secondary N) is 1. The van der Waals surface area contributed by atoms with Gasteiger partial charge in [-0.2, -0.15) is 0 Å². The Kier molecular flexibility index (Phi) is 4.19. The monoisotopic (exact) mass is 227 g/mol. The maximum Gasteiger partial charge on any atom is 0.318 e. The van der Waals surface area contributed by atoms with Gasteiger partial charge in [0.15, 0.2) is 0 Å². The molecule has 3 N–H and O–H groups in total. The molecular formula is C12H25N3O. The topological polar surface area (TPSA) is 58.4 Å². The third-order valence-corrected chi connectivity index (χ3v) is 2.99. The highest BCUT2D eigenvalue weighted by atomic mass is 16.2. The van der Waals surface area contributed by atoms with E-state index in [1.807, 2.05) is 25.7 Å². The molecule has 94 valence electrons. The first-order valence-electron chi connectivity index (χ1n) is 6.12. The van der Waals surface area contributed by atoms with Crippen molar-refractivity contribution < 1.29 is 4.79 Å². The highest BCUT2D eigenvalue weighted by Crippen LogP contribution is 2.22. The lowest BCUT2D eigenvalue weighted by Crippen LogP contribution is -2.56. The molecule has 1 saturated heterocycles. The fourth-order valence-electron chi connectivity index (χ4n) is 2.14. The van der Waals surface area contributed by atoms with Gasteiger partial charge >= 0.3 is 6.03 Å². The quantitative estimate of drug-likeness (QED) is 0.714. The van der Waals surface area contributed by atoms with Crippen molar-refractivity contribution >= 4 is 6.03 Å². The second-order valence-electron chi connectivity index (χ2n) is 5.89. The molecule has 2 atom stereocenters. The second kappa shape index (κ2) is 5.04. The third kappa shape index (κ3) is 3.67. The number of urea groups is 1. The molecule has 0 aromatic rings. The van der Waals surface area contributed by atoms with Crippen LogP contribution in [0.2, 0.25) is 0 Å². The van der Waals surface area contributed by atoms with E-state index < -0.39 is 0 Å². The minimum absolute atomic E-state index is 0.0230. The van der Waals surface area contributed by atoms with Gasteiger partial charge in [-0.05, 0) is 39.5 Å². The number of nitrogens with zero attached hydrogens (tertiary/aromatic N) is 1. The molecule has 4 nitrogen and oxygen atoms in total. The summed E-state index contributed by atoms with van der Waals surface area (Å²) < 4.78 is 0. The Bertz CT molecular complexity index is 247. The molecule has 1 heterocycles. The number of likely N-dealkylation sites (tertiary alicyclic amines) is 1. The Morgan fingerprint density at radius 3 is 2.62 bits per heavy atom. The summed E-state index contributed by atoms with van der Waals surface area (Å²) in [4.78, 5) is 13.9. The van der Waals surface area contributed by atoms with Crippen LogP contribution < -0.4 is 11.1 Å². The first kappa shape index (κ1) is 13.3. The predicted octanol–water partition coefficient (Wildman–Crippen LogP) is 1.55. The minimum atomic E-state index is -0.181. The number of rotatable bonds is 1. The van der Waals surface area contributed by atoms with Crippen molar-refractivity contribution in [3.63, 3.8) is 0 Å². The Morgan fingerprint density at radius 1 is 1.50 bits per heavy atom. The normalized spacial score (nSPS) is 26.7. The van der Waals surface area contributed by atoms with Crippen LogP contribution >= 0.6 is 0 Å². The van der Waals surface area contributed by atoms with E-state index >= 15 is 0 Å². The first-order chi connectivity index (χ1) is 7.33.